The van der Waals surface area contributed by atoms with Crippen LogP contribution in [0.15, 0.2) is 24.3 Å². The van der Waals surface area contributed by atoms with E-state index in [1.165, 1.54) is 0 Å². The Morgan fingerprint density at radius 2 is 2.24 bits per heavy atom. The summed E-state index contributed by atoms with van der Waals surface area (Å²) in [5.74, 6) is 0. The fraction of sp³-hybridized carbons (Fsp3) is 0.571. The van der Waals surface area contributed by atoms with Crippen molar-refractivity contribution in [1.29, 1.82) is 0 Å². The van der Waals surface area contributed by atoms with Gasteiger partial charge < -0.3 is 14.7 Å². The number of hydrogen-bond donors (Lipinski definition) is 1. The monoisotopic (exact) mass is 235 g/mol. The number of ether oxygens (including phenoxy) is 1. The largest absolute Gasteiger partial charge is 0.389 e. The summed E-state index contributed by atoms with van der Waals surface area (Å²) in [5, 5.41) is 9.80. The molecule has 1 aromatic carbocycles. The number of para-hydroxylation sites is 1. The summed E-state index contributed by atoms with van der Waals surface area (Å²) in [7, 11) is 0. The van der Waals surface area contributed by atoms with Crippen LogP contribution in [0.25, 0.3) is 0 Å². The predicted molar refractivity (Wildman–Crippen MR) is 69.3 cm³/mol. The van der Waals surface area contributed by atoms with Crippen molar-refractivity contribution < 1.29 is 9.84 Å². The summed E-state index contributed by atoms with van der Waals surface area (Å²) in [6.07, 6.45) is 0.924. The highest BCUT2D eigenvalue weighted by atomic mass is 16.5. The van der Waals surface area contributed by atoms with E-state index in [4.69, 9.17) is 4.74 Å². The fourth-order valence-electron chi connectivity index (χ4n) is 2.31. The lowest BCUT2D eigenvalue weighted by Gasteiger charge is -2.35. The third-order valence-electron chi connectivity index (χ3n) is 3.32. The molecule has 0 aromatic heterocycles. The smallest absolute Gasteiger partial charge is 0.0781 e. The Morgan fingerprint density at radius 3 is 2.94 bits per heavy atom. The zero-order valence-electron chi connectivity index (χ0n) is 10.6. The van der Waals surface area contributed by atoms with E-state index in [1.54, 1.807) is 0 Å². The van der Waals surface area contributed by atoms with Gasteiger partial charge >= 0.3 is 0 Å². The molecule has 1 saturated heterocycles. The molecule has 0 bridgehead atoms. The maximum atomic E-state index is 9.80. The molecule has 17 heavy (non-hydrogen) atoms. The van der Waals surface area contributed by atoms with E-state index in [2.05, 4.69) is 17.9 Å². The summed E-state index contributed by atoms with van der Waals surface area (Å²) in [5.41, 5.74) is 2.15. The third-order valence-corrected chi connectivity index (χ3v) is 3.32. The van der Waals surface area contributed by atoms with Crippen molar-refractivity contribution in [2.45, 2.75) is 32.5 Å². The molecular weight excluding hydrogens is 214 g/mol. The van der Waals surface area contributed by atoms with Gasteiger partial charge in [-0.1, -0.05) is 25.1 Å². The number of nitrogens with zero attached hydrogens (tertiary/aromatic N) is 1. The Kier molecular flexibility index (Phi) is 4.02. The van der Waals surface area contributed by atoms with Crippen molar-refractivity contribution in [1.82, 2.24) is 0 Å². The molecule has 2 rings (SSSR count). The maximum Gasteiger partial charge on any atom is 0.0781 e. The molecule has 2 unspecified atom stereocenters. The summed E-state index contributed by atoms with van der Waals surface area (Å²) in [4.78, 5) is 2.32. The van der Waals surface area contributed by atoms with E-state index in [0.717, 1.165) is 37.4 Å². The van der Waals surface area contributed by atoms with Gasteiger partial charge in [-0.2, -0.15) is 0 Å². The zero-order chi connectivity index (χ0) is 12.3. The molecule has 1 fully saturated rings. The maximum absolute atomic E-state index is 9.80. The first-order valence-electron chi connectivity index (χ1n) is 6.36. The Balaban J connectivity index is 2.21. The summed E-state index contributed by atoms with van der Waals surface area (Å²) in [6.45, 7) is 6.55. The Morgan fingerprint density at radius 1 is 1.47 bits per heavy atom. The number of aliphatic hydroxyl groups excluding tert-OH is 1. The molecule has 2 atom stereocenters. The molecule has 1 aliphatic heterocycles. The third kappa shape index (κ3) is 2.79. The van der Waals surface area contributed by atoms with Gasteiger partial charge in [0.25, 0.3) is 0 Å². The number of morpholine rings is 1. The van der Waals surface area contributed by atoms with Gasteiger partial charge in [-0.3, -0.25) is 0 Å². The second-order valence-corrected chi connectivity index (χ2v) is 4.58. The average Bonchev–Trinajstić information content (AvgIpc) is 2.39. The van der Waals surface area contributed by atoms with Crippen LogP contribution in [0.2, 0.25) is 0 Å². The summed E-state index contributed by atoms with van der Waals surface area (Å²) < 4.78 is 5.68. The Labute approximate surface area is 103 Å². The van der Waals surface area contributed by atoms with Gasteiger partial charge in [-0.05, 0) is 19.4 Å². The molecular formula is C14H21NO2. The minimum Gasteiger partial charge on any atom is -0.389 e. The van der Waals surface area contributed by atoms with Gasteiger partial charge in [0.15, 0.2) is 0 Å². The number of aliphatic hydroxyl groups is 1. The molecule has 1 heterocycles. The predicted octanol–water partition coefficient (Wildman–Crippen LogP) is 2.36. The normalized spacial score (nSPS) is 22.5. The van der Waals surface area contributed by atoms with Gasteiger partial charge in [0, 0.05) is 24.3 Å². The molecule has 0 aliphatic carbocycles. The van der Waals surface area contributed by atoms with E-state index < -0.39 is 6.10 Å². The van der Waals surface area contributed by atoms with Crippen LogP contribution < -0.4 is 4.90 Å². The van der Waals surface area contributed by atoms with Crippen molar-refractivity contribution in [2.75, 3.05) is 24.6 Å². The number of rotatable bonds is 3. The molecule has 3 nitrogen and oxygen atoms in total. The van der Waals surface area contributed by atoms with Crippen molar-refractivity contribution in [3.8, 4) is 0 Å². The minimum atomic E-state index is -0.422. The van der Waals surface area contributed by atoms with E-state index in [0.29, 0.717) is 6.10 Å². The topological polar surface area (TPSA) is 32.7 Å². The van der Waals surface area contributed by atoms with E-state index in [9.17, 15) is 5.11 Å². The van der Waals surface area contributed by atoms with Crippen molar-refractivity contribution in [3.05, 3.63) is 29.8 Å². The van der Waals surface area contributed by atoms with E-state index >= 15 is 0 Å². The second kappa shape index (κ2) is 5.52. The zero-order valence-corrected chi connectivity index (χ0v) is 10.6. The number of anilines is 1. The van der Waals surface area contributed by atoms with Crippen molar-refractivity contribution >= 4 is 5.69 Å². The highest BCUT2D eigenvalue weighted by Gasteiger charge is 2.21. The molecule has 1 aliphatic rings. The lowest BCUT2D eigenvalue weighted by molar-refractivity contribution is 0.0382. The van der Waals surface area contributed by atoms with Crippen molar-refractivity contribution in [2.24, 2.45) is 0 Å². The fourth-order valence-corrected chi connectivity index (χ4v) is 2.31. The second-order valence-electron chi connectivity index (χ2n) is 4.58. The molecule has 0 spiro atoms. The summed E-state index contributed by atoms with van der Waals surface area (Å²) in [6, 6.07) is 8.08. The first-order chi connectivity index (χ1) is 8.22. The van der Waals surface area contributed by atoms with Crippen LogP contribution in [0.5, 0.6) is 0 Å². The molecule has 3 heteroatoms. The molecule has 0 saturated carbocycles. The van der Waals surface area contributed by atoms with Crippen LogP contribution in [-0.4, -0.2) is 30.9 Å². The Hall–Kier alpha value is -1.06. The minimum absolute atomic E-state index is 0.311. The van der Waals surface area contributed by atoms with Crippen LogP contribution in [-0.2, 0) is 4.74 Å². The summed E-state index contributed by atoms with van der Waals surface area (Å²) >= 11 is 0. The number of hydrogen-bond acceptors (Lipinski definition) is 3. The lowest BCUT2D eigenvalue weighted by atomic mass is 10.1. The number of benzene rings is 1. The van der Waals surface area contributed by atoms with Crippen LogP contribution in [0.3, 0.4) is 0 Å². The molecule has 1 N–H and O–H groups in total. The van der Waals surface area contributed by atoms with Gasteiger partial charge in [-0.15, -0.1) is 0 Å². The van der Waals surface area contributed by atoms with E-state index in [1.807, 2.05) is 25.1 Å². The highest BCUT2D eigenvalue weighted by Crippen LogP contribution is 2.27. The quantitative estimate of drug-likeness (QED) is 0.873. The van der Waals surface area contributed by atoms with Crippen LogP contribution in [0.4, 0.5) is 5.69 Å². The van der Waals surface area contributed by atoms with Crippen LogP contribution in [0.1, 0.15) is 31.9 Å². The van der Waals surface area contributed by atoms with E-state index in [-0.39, 0.29) is 0 Å². The van der Waals surface area contributed by atoms with Gasteiger partial charge in [0.05, 0.1) is 18.8 Å². The molecule has 1 aromatic rings. The lowest BCUT2D eigenvalue weighted by Crippen LogP contribution is -2.42. The molecule has 94 valence electrons. The average molecular weight is 235 g/mol. The van der Waals surface area contributed by atoms with Gasteiger partial charge in [0.1, 0.15) is 0 Å². The Bertz CT molecular complexity index is 365. The van der Waals surface area contributed by atoms with Crippen LogP contribution >= 0.6 is 0 Å². The first kappa shape index (κ1) is 12.4. The standard InChI is InChI=1S/C14H21NO2/c1-3-12-10-15(8-9-17-12)14-7-5-4-6-13(14)11(2)16/h4-7,11-12,16H,3,8-10H2,1-2H3. The van der Waals surface area contributed by atoms with Crippen molar-refractivity contribution in [3.63, 3.8) is 0 Å². The molecule has 0 radical (unpaired) electrons. The van der Waals surface area contributed by atoms with Gasteiger partial charge in [-0.25, -0.2) is 0 Å². The SMILES string of the molecule is CCC1CN(c2ccccc2C(C)O)CCO1. The molecule has 0 amide bonds. The van der Waals surface area contributed by atoms with Crippen LogP contribution in [0, 0.1) is 0 Å². The highest BCUT2D eigenvalue weighted by molar-refractivity contribution is 5.54. The van der Waals surface area contributed by atoms with Gasteiger partial charge in [0.2, 0.25) is 0 Å². The first-order valence-corrected chi connectivity index (χ1v) is 6.36.